The number of hydrogen-bond acceptors (Lipinski definition) is 2. The van der Waals surface area contributed by atoms with Crippen LogP contribution in [-0.4, -0.2) is 22.3 Å². The zero-order valence-corrected chi connectivity index (χ0v) is 18.6. The van der Waals surface area contributed by atoms with Gasteiger partial charge in [-0.3, -0.25) is 4.79 Å². The van der Waals surface area contributed by atoms with Crippen LogP contribution < -0.4 is 0 Å². The molecule has 2 nitrogen and oxygen atoms in total. The van der Waals surface area contributed by atoms with E-state index in [4.69, 9.17) is 0 Å². The first-order valence-electron chi connectivity index (χ1n) is 11.1. The summed E-state index contributed by atoms with van der Waals surface area (Å²) < 4.78 is 0. The fourth-order valence-corrected chi connectivity index (χ4v) is 8.28. The minimum absolute atomic E-state index is 0.0670. The summed E-state index contributed by atoms with van der Waals surface area (Å²) in [6.45, 7) is 4.97. The Kier molecular flexibility index (Phi) is 5.54. The van der Waals surface area contributed by atoms with Crippen LogP contribution >= 0.6 is 15.9 Å². The molecule has 27 heavy (non-hydrogen) atoms. The van der Waals surface area contributed by atoms with Crippen molar-refractivity contribution in [3.8, 4) is 11.8 Å². The molecule has 0 aromatic rings. The van der Waals surface area contributed by atoms with Gasteiger partial charge in [-0.25, -0.2) is 0 Å². The molecule has 4 fully saturated rings. The Hall–Kier alpha value is -0.330. The van der Waals surface area contributed by atoms with Crippen molar-refractivity contribution in [1.29, 1.82) is 0 Å². The number of carbonyl (C=O) groups excluding carboxylic acids is 1. The van der Waals surface area contributed by atoms with Crippen LogP contribution in [0.25, 0.3) is 0 Å². The van der Waals surface area contributed by atoms with Crippen LogP contribution in [0.1, 0.15) is 78.1 Å². The van der Waals surface area contributed by atoms with E-state index in [1.54, 1.807) is 0 Å². The number of ketones is 1. The summed E-state index contributed by atoms with van der Waals surface area (Å²) in [5, 5.41) is 10.8. The maximum Gasteiger partial charge on any atom is 0.148 e. The van der Waals surface area contributed by atoms with Crippen LogP contribution in [0.3, 0.4) is 0 Å². The minimum atomic E-state index is -0.0670. The van der Waals surface area contributed by atoms with Crippen LogP contribution in [0.15, 0.2) is 0 Å². The first-order valence-corrected chi connectivity index (χ1v) is 12.2. The van der Waals surface area contributed by atoms with Gasteiger partial charge in [0.15, 0.2) is 0 Å². The molecule has 0 bridgehead atoms. The van der Waals surface area contributed by atoms with E-state index in [1.165, 1.54) is 38.5 Å². The van der Waals surface area contributed by atoms with Gasteiger partial charge in [0, 0.05) is 5.92 Å². The van der Waals surface area contributed by atoms with Gasteiger partial charge in [-0.05, 0) is 92.3 Å². The van der Waals surface area contributed by atoms with E-state index >= 15 is 0 Å². The van der Waals surface area contributed by atoms with Gasteiger partial charge in [0.05, 0.1) is 17.9 Å². The molecule has 0 heterocycles. The van der Waals surface area contributed by atoms with Gasteiger partial charge >= 0.3 is 0 Å². The number of aliphatic hydroxyl groups excluding tert-OH is 1. The minimum Gasteiger partial charge on any atom is -0.393 e. The third-order valence-electron chi connectivity index (χ3n) is 9.48. The van der Waals surface area contributed by atoms with Crippen molar-refractivity contribution in [3.05, 3.63) is 0 Å². The third kappa shape index (κ3) is 3.24. The molecule has 0 amide bonds. The molecule has 0 aromatic heterocycles. The molecule has 8 atom stereocenters. The topological polar surface area (TPSA) is 37.3 Å². The lowest BCUT2D eigenvalue weighted by Crippen LogP contribution is -2.54. The maximum absolute atomic E-state index is 12.9. The molecule has 0 spiro atoms. The predicted octanol–water partition coefficient (Wildman–Crippen LogP) is 5.36. The molecule has 4 saturated carbocycles. The number of halogens is 1. The summed E-state index contributed by atoms with van der Waals surface area (Å²) in [6, 6.07) is 0. The second-order valence-corrected chi connectivity index (χ2v) is 11.0. The van der Waals surface area contributed by atoms with E-state index < -0.39 is 0 Å². The smallest absolute Gasteiger partial charge is 0.148 e. The lowest BCUT2D eigenvalue weighted by molar-refractivity contribution is -0.139. The number of fused-ring (bicyclic) bond motifs is 5. The molecule has 4 aliphatic rings. The number of hydrogen-bond donors (Lipinski definition) is 1. The Bertz CT molecular complexity index is 649. The van der Waals surface area contributed by atoms with Crippen LogP contribution in [0, 0.1) is 52.3 Å². The normalized spacial score (nSPS) is 48.6. The van der Waals surface area contributed by atoms with Crippen LogP contribution in [0.4, 0.5) is 0 Å². The molecule has 0 unspecified atom stereocenters. The molecular weight excluding hydrogens is 400 g/mol. The first kappa shape index (κ1) is 20.0. The van der Waals surface area contributed by atoms with Gasteiger partial charge in [0.1, 0.15) is 5.78 Å². The summed E-state index contributed by atoms with van der Waals surface area (Å²) in [4.78, 5) is 12.9. The Morgan fingerprint density at radius 2 is 1.74 bits per heavy atom. The summed E-state index contributed by atoms with van der Waals surface area (Å²) >= 11 is 3.32. The van der Waals surface area contributed by atoms with Crippen LogP contribution in [0.2, 0.25) is 0 Å². The average Bonchev–Trinajstić information content (AvgIpc) is 3.00. The molecule has 4 aliphatic carbocycles. The van der Waals surface area contributed by atoms with Crippen molar-refractivity contribution in [3.63, 3.8) is 0 Å². The summed E-state index contributed by atoms with van der Waals surface area (Å²) in [6.07, 6.45) is 11.0. The summed E-state index contributed by atoms with van der Waals surface area (Å²) in [5.74, 6) is 9.72. The van der Waals surface area contributed by atoms with Gasteiger partial charge in [0.25, 0.3) is 0 Å². The first-order chi connectivity index (χ1) is 12.9. The van der Waals surface area contributed by atoms with Crippen LogP contribution in [0.5, 0.6) is 0 Å². The fourth-order valence-electron chi connectivity index (χ4n) is 8.08. The highest BCUT2D eigenvalue weighted by Gasteiger charge is 2.60. The van der Waals surface area contributed by atoms with Gasteiger partial charge in [-0.2, -0.15) is 0 Å². The third-order valence-corrected chi connectivity index (χ3v) is 9.76. The van der Waals surface area contributed by atoms with E-state index in [0.717, 1.165) is 37.0 Å². The molecule has 1 N–H and O–H groups in total. The summed E-state index contributed by atoms with van der Waals surface area (Å²) in [7, 11) is 0. The van der Waals surface area contributed by atoms with Crippen molar-refractivity contribution >= 4 is 21.7 Å². The molecule has 0 saturated heterocycles. The molecule has 0 radical (unpaired) electrons. The Labute approximate surface area is 173 Å². The quantitative estimate of drug-likeness (QED) is 0.468. The van der Waals surface area contributed by atoms with E-state index in [-0.39, 0.29) is 17.4 Å². The van der Waals surface area contributed by atoms with Crippen molar-refractivity contribution in [1.82, 2.24) is 0 Å². The van der Waals surface area contributed by atoms with Crippen LogP contribution in [-0.2, 0) is 4.79 Å². The standard InChI is InChI=1S/C24H35BrO2/c1-23-12-10-17(26)15-16(23)6-7-18-19-8-9-21(22(27)5-3-4-14-25)24(19,2)13-11-20(18)23/h16-21,26H,5-15H2,1-2H3/t16-,17-,18+,19+,20+,21-,23+,24+/m1/s1. The second-order valence-electron chi connectivity index (χ2n) is 10.4. The Balaban J connectivity index is 1.53. The van der Waals surface area contributed by atoms with E-state index in [1.807, 2.05) is 0 Å². The van der Waals surface area contributed by atoms with Gasteiger partial charge in [-0.1, -0.05) is 41.6 Å². The van der Waals surface area contributed by atoms with Gasteiger partial charge in [0.2, 0.25) is 0 Å². The largest absolute Gasteiger partial charge is 0.393 e. The molecule has 0 aromatic carbocycles. The Morgan fingerprint density at radius 3 is 2.52 bits per heavy atom. The van der Waals surface area contributed by atoms with Crippen molar-refractivity contribution in [2.45, 2.75) is 84.2 Å². The number of Topliss-reactive ketones (excluding diaryl/α,β-unsaturated/α-hetero) is 1. The molecular formula is C24H35BrO2. The van der Waals surface area contributed by atoms with Crippen molar-refractivity contribution in [2.24, 2.45) is 40.4 Å². The number of rotatable bonds is 2. The van der Waals surface area contributed by atoms with Crippen molar-refractivity contribution < 1.29 is 9.90 Å². The zero-order valence-electron chi connectivity index (χ0n) is 17.0. The average molecular weight is 435 g/mol. The second kappa shape index (κ2) is 7.49. The van der Waals surface area contributed by atoms with E-state index in [9.17, 15) is 9.90 Å². The molecule has 3 heteroatoms. The Morgan fingerprint density at radius 1 is 1.00 bits per heavy atom. The number of carbonyl (C=O) groups is 1. The molecule has 4 rings (SSSR count). The lowest BCUT2D eigenvalue weighted by Gasteiger charge is -2.60. The van der Waals surface area contributed by atoms with Gasteiger partial charge in [-0.15, -0.1) is 0 Å². The maximum atomic E-state index is 12.9. The lowest BCUT2D eigenvalue weighted by atomic mass is 9.44. The molecule has 150 valence electrons. The van der Waals surface area contributed by atoms with E-state index in [2.05, 4.69) is 41.6 Å². The number of aliphatic hydroxyl groups is 1. The van der Waals surface area contributed by atoms with Gasteiger partial charge < -0.3 is 5.11 Å². The van der Waals surface area contributed by atoms with Crippen molar-refractivity contribution in [2.75, 3.05) is 5.33 Å². The van der Waals surface area contributed by atoms with E-state index in [0.29, 0.717) is 28.9 Å². The highest BCUT2D eigenvalue weighted by molar-refractivity contribution is 9.09. The zero-order chi connectivity index (χ0) is 19.2. The predicted molar refractivity (Wildman–Crippen MR) is 112 cm³/mol. The highest BCUT2D eigenvalue weighted by Crippen LogP contribution is 2.67. The fraction of sp³-hybridized carbons (Fsp3) is 0.875. The number of alkyl halides is 1. The molecule has 0 aliphatic heterocycles. The highest BCUT2D eigenvalue weighted by atomic mass is 79.9. The SMILES string of the molecule is C[C@]12CC[C@@H](O)C[C@H]1CC[C@@H]1[C@@H]2CC[C@]2(C)[C@@H](C(=O)CC#CCBr)CC[C@@H]12. The summed E-state index contributed by atoms with van der Waals surface area (Å²) in [5.41, 5.74) is 0.624. The monoisotopic (exact) mass is 434 g/mol.